The van der Waals surface area contributed by atoms with Crippen LogP contribution in [0.1, 0.15) is 0 Å². The van der Waals surface area contributed by atoms with Crippen LogP contribution in [0.15, 0.2) is 175 Å². The predicted octanol–water partition coefficient (Wildman–Crippen LogP) is 12.1. The van der Waals surface area contributed by atoms with Crippen LogP contribution >= 0.6 is 0 Å². The van der Waals surface area contributed by atoms with E-state index in [1.807, 2.05) is 18.5 Å². The van der Waals surface area contributed by atoms with Gasteiger partial charge in [0, 0.05) is 51.7 Å². The Morgan fingerprint density at radius 2 is 1.09 bits per heavy atom. The number of nitrogens with zero attached hydrogens (tertiary/aromatic N) is 2. The Morgan fingerprint density at radius 1 is 0.435 bits per heavy atom. The van der Waals surface area contributed by atoms with E-state index in [2.05, 4.69) is 162 Å². The molecule has 0 amide bonds. The van der Waals surface area contributed by atoms with Crippen LogP contribution in [0.2, 0.25) is 0 Å². The van der Waals surface area contributed by atoms with E-state index in [1.54, 1.807) is 0 Å². The second kappa shape index (κ2) is 10.8. The highest BCUT2D eigenvalue weighted by atomic mass is 16.3. The summed E-state index contributed by atoms with van der Waals surface area (Å²) >= 11 is 0. The van der Waals surface area contributed by atoms with Crippen molar-refractivity contribution in [2.24, 2.45) is 0 Å². The van der Waals surface area contributed by atoms with Gasteiger partial charge in [-0.2, -0.15) is 0 Å². The molecule has 0 radical (unpaired) electrons. The van der Waals surface area contributed by atoms with Crippen molar-refractivity contribution >= 4 is 60.5 Å². The monoisotopic (exact) mass is 588 g/mol. The van der Waals surface area contributed by atoms with Gasteiger partial charge in [-0.15, -0.1) is 0 Å². The largest absolute Gasteiger partial charge is 0.455 e. The van der Waals surface area contributed by atoms with E-state index in [0.29, 0.717) is 0 Å². The van der Waals surface area contributed by atoms with E-state index in [4.69, 9.17) is 4.42 Å². The smallest absolute Gasteiger partial charge is 0.144 e. The molecule has 3 nitrogen and oxygen atoms in total. The number of aromatic nitrogens is 1. The molecule has 46 heavy (non-hydrogen) atoms. The molecule has 0 atom stereocenters. The summed E-state index contributed by atoms with van der Waals surface area (Å²) in [6, 6.07) is 56.0. The number of benzene rings is 7. The van der Waals surface area contributed by atoms with Crippen molar-refractivity contribution in [3.63, 3.8) is 0 Å². The first-order chi connectivity index (χ1) is 22.8. The van der Waals surface area contributed by atoms with Crippen molar-refractivity contribution < 1.29 is 4.42 Å². The summed E-state index contributed by atoms with van der Waals surface area (Å²) < 4.78 is 6.56. The van der Waals surface area contributed by atoms with Gasteiger partial charge in [-0.05, 0) is 86.9 Å². The lowest BCUT2D eigenvalue weighted by Gasteiger charge is -2.26. The first-order valence-electron chi connectivity index (χ1n) is 15.5. The van der Waals surface area contributed by atoms with E-state index < -0.39 is 0 Å². The van der Waals surface area contributed by atoms with Crippen LogP contribution in [0.3, 0.4) is 0 Å². The molecule has 2 heterocycles. The van der Waals surface area contributed by atoms with Gasteiger partial charge >= 0.3 is 0 Å². The molecule has 216 valence electrons. The summed E-state index contributed by atoms with van der Waals surface area (Å²) in [4.78, 5) is 6.66. The minimum Gasteiger partial charge on any atom is -0.455 e. The Kier molecular flexibility index (Phi) is 6.14. The first kappa shape index (κ1) is 26.2. The van der Waals surface area contributed by atoms with Crippen molar-refractivity contribution in [3.05, 3.63) is 170 Å². The number of anilines is 3. The molecule has 0 aliphatic carbocycles. The second-order valence-corrected chi connectivity index (χ2v) is 11.6. The standard InChI is InChI=1S/C43H28N2O/c1-2-7-29(8-3-1)30-13-18-34(19-14-30)45(35-20-15-32(16-21-35)38-12-6-10-31-9-4-5-11-37(31)38)36-22-24-39-40-23-17-33-25-26-44-28-41(33)43(40)46-42(39)27-36/h1-28H. The minimum absolute atomic E-state index is 0.849. The van der Waals surface area contributed by atoms with E-state index >= 15 is 0 Å². The van der Waals surface area contributed by atoms with Crippen molar-refractivity contribution in [1.82, 2.24) is 4.98 Å². The van der Waals surface area contributed by atoms with Gasteiger partial charge in [-0.25, -0.2) is 0 Å². The highest BCUT2D eigenvalue weighted by Gasteiger charge is 2.17. The van der Waals surface area contributed by atoms with E-state index in [1.165, 1.54) is 33.0 Å². The number of hydrogen-bond donors (Lipinski definition) is 0. The summed E-state index contributed by atoms with van der Waals surface area (Å²) in [5.41, 5.74) is 9.69. The van der Waals surface area contributed by atoms with Crippen LogP contribution in [0.4, 0.5) is 17.1 Å². The number of pyridine rings is 1. The topological polar surface area (TPSA) is 29.3 Å². The van der Waals surface area contributed by atoms with Crippen LogP contribution in [0.25, 0.3) is 65.7 Å². The molecule has 9 rings (SSSR count). The van der Waals surface area contributed by atoms with Gasteiger partial charge in [-0.1, -0.05) is 103 Å². The highest BCUT2D eigenvalue weighted by Crippen LogP contribution is 2.41. The Labute approximate surface area is 266 Å². The number of furan rings is 1. The molecule has 0 aliphatic rings. The lowest BCUT2D eigenvalue weighted by atomic mass is 9.98. The van der Waals surface area contributed by atoms with Gasteiger partial charge in [0.2, 0.25) is 0 Å². The zero-order valence-electron chi connectivity index (χ0n) is 25.0. The molecular formula is C43H28N2O. The van der Waals surface area contributed by atoms with Crippen LogP contribution < -0.4 is 4.90 Å². The minimum atomic E-state index is 0.849. The average molecular weight is 589 g/mol. The molecule has 0 N–H and O–H groups in total. The van der Waals surface area contributed by atoms with Crippen molar-refractivity contribution in [2.75, 3.05) is 4.90 Å². The third-order valence-electron chi connectivity index (χ3n) is 8.96. The normalized spacial score (nSPS) is 11.5. The lowest BCUT2D eigenvalue weighted by Crippen LogP contribution is -2.09. The molecule has 0 fully saturated rings. The molecule has 0 saturated heterocycles. The maximum atomic E-state index is 6.56. The molecule has 2 aromatic heterocycles. The average Bonchev–Trinajstić information content (AvgIpc) is 3.51. The zero-order chi connectivity index (χ0) is 30.5. The van der Waals surface area contributed by atoms with Gasteiger partial charge in [0.15, 0.2) is 0 Å². The van der Waals surface area contributed by atoms with Crippen LogP contribution in [-0.2, 0) is 0 Å². The summed E-state index contributed by atoms with van der Waals surface area (Å²) in [5.74, 6) is 0. The molecule has 9 aromatic rings. The first-order valence-corrected chi connectivity index (χ1v) is 15.5. The lowest BCUT2D eigenvalue weighted by molar-refractivity contribution is 0.672. The van der Waals surface area contributed by atoms with Crippen LogP contribution in [0.5, 0.6) is 0 Å². The van der Waals surface area contributed by atoms with Crippen molar-refractivity contribution in [3.8, 4) is 22.3 Å². The van der Waals surface area contributed by atoms with E-state index in [9.17, 15) is 0 Å². The third-order valence-corrected chi connectivity index (χ3v) is 8.96. The molecule has 0 aliphatic heterocycles. The SMILES string of the molecule is c1ccc(-c2ccc(N(c3ccc(-c4cccc5ccccc45)cc3)c3ccc4c(c3)oc3c5cnccc5ccc43)cc2)cc1. The van der Waals surface area contributed by atoms with Crippen LogP contribution in [-0.4, -0.2) is 4.98 Å². The van der Waals surface area contributed by atoms with Gasteiger partial charge in [0.1, 0.15) is 11.2 Å². The molecular weight excluding hydrogens is 560 g/mol. The van der Waals surface area contributed by atoms with Gasteiger partial charge in [0.25, 0.3) is 0 Å². The second-order valence-electron chi connectivity index (χ2n) is 11.6. The predicted molar refractivity (Wildman–Crippen MR) is 192 cm³/mol. The number of fused-ring (bicyclic) bond motifs is 6. The summed E-state index contributed by atoms with van der Waals surface area (Å²) in [7, 11) is 0. The van der Waals surface area contributed by atoms with Gasteiger partial charge < -0.3 is 9.32 Å². The molecule has 3 heteroatoms. The Hall–Kier alpha value is -6.19. The van der Waals surface area contributed by atoms with Crippen LogP contribution in [0, 0.1) is 0 Å². The fourth-order valence-corrected chi connectivity index (χ4v) is 6.67. The molecule has 0 saturated carbocycles. The summed E-state index contributed by atoms with van der Waals surface area (Å²) in [6.45, 7) is 0. The number of hydrogen-bond acceptors (Lipinski definition) is 3. The van der Waals surface area contributed by atoms with Crippen molar-refractivity contribution in [2.45, 2.75) is 0 Å². The van der Waals surface area contributed by atoms with Crippen molar-refractivity contribution in [1.29, 1.82) is 0 Å². The van der Waals surface area contributed by atoms with Gasteiger partial charge in [0.05, 0.1) is 0 Å². The fraction of sp³-hybridized carbons (Fsp3) is 0. The molecule has 0 spiro atoms. The summed E-state index contributed by atoms with van der Waals surface area (Å²) in [5, 5.41) is 6.83. The Morgan fingerprint density at radius 3 is 1.91 bits per heavy atom. The molecule has 7 aromatic carbocycles. The summed E-state index contributed by atoms with van der Waals surface area (Å²) in [6.07, 6.45) is 3.71. The third kappa shape index (κ3) is 4.41. The number of rotatable bonds is 5. The molecule has 0 unspecified atom stereocenters. The molecule has 0 bridgehead atoms. The fourth-order valence-electron chi connectivity index (χ4n) is 6.67. The maximum Gasteiger partial charge on any atom is 0.144 e. The maximum absolute atomic E-state index is 6.56. The van der Waals surface area contributed by atoms with E-state index in [0.717, 1.165) is 49.8 Å². The van der Waals surface area contributed by atoms with E-state index in [-0.39, 0.29) is 0 Å². The highest BCUT2D eigenvalue weighted by molar-refractivity contribution is 6.15. The zero-order valence-corrected chi connectivity index (χ0v) is 25.0. The Balaban J connectivity index is 1.18. The van der Waals surface area contributed by atoms with Gasteiger partial charge in [-0.3, -0.25) is 4.98 Å². The quantitative estimate of drug-likeness (QED) is 0.200. The Bertz CT molecular complexity index is 2510.